The molecular weight excluding hydrogens is 1050 g/mol. The first kappa shape index (κ1) is 81.1. The van der Waals surface area contributed by atoms with Crippen molar-refractivity contribution < 1.29 is 42.9 Å². The van der Waals surface area contributed by atoms with Crippen LogP contribution in [0.5, 0.6) is 0 Å². The normalized spacial score (nSPS) is 11.9. The van der Waals surface area contributed by atoms with Crippen molar-refractivity contribution in [2.75, 3.05) is 53.4 Å². The average Bonchev–Trinajstić information content (AvgIpc) is 3.40. The molecule has 0 rings (SSSR count). The van der Waals surface area contributed by atoms with Crippen molar-refractivity contribution in [1.82, 2.24) is 0 Å². The Labute approximate surface area is 506 Å². The highest BCUT2D eigenvalue weighted by molar-refractivity contribution is 4.57. The molecule has 0 aromatic rings. The van der Waals surface area contributed by atoms with Crippen LogP contribution < -0.4 is 34.0 Å². The van der Waals surface area contributed by atoms with Gasteiger partial charge in [-0.3, -0.25) is 0 Å². The first-order valence-corrected chi connectivity index (χ1v) is 36.1. The summed E-state index contributed by atoms with van der Waals surface area (Å²) in [5, 5.41) is 0. The number of rotatable bonds is 67. The van der Waals surface area contributed by atoms with E-state index in [1.807, 2.05) is 0 Å². The Morgan fingerprint density at radius 2 is 0.211 bits per heavy atom. The van der Waals surface area contributed by atoms with Gasteiger partial charge < -0.3 is 42.9 Å². The van der Waals surface area contributed by atoms with Gasteiger partial charge in [-0.15, -0.1) is 0 Å². The second-order valence-corrected chi connectivity index (χ2v) is 26.4. The molecule has 0 aliphatic rings. The van der Waals surface area contributed by atoms with Crippen LogP contribution in [0.3, 0.4) is 0 Å². The molecule has 0 aromatic carbocycles. The van der Waals surface area contributed by atoms with Crippen molar-refractivity contribution >= 4 is 0 Å². The molecule has 0 unspecified atom stereocenters. The van der Waals surface area contributed by atoms with Gasteiger partial charge in [0.2, 0.25) is 0 Å². The summed E-state index contributed by atoms with van der Waals surface area (Å²) in [5.41, 5.74) is 0. The van der Waals surface area contributed by atoms with E-state index in [2.05, 4.69) is 41.8 Å². The Bertz CT molecular complexity index is 861. The lowest BCUT2D eigenvalue weighted by Gasteiger charge is -2.36. The van der Waals surface area contributed by atoms with Gasteiger partial charge >= 0.3 is 0 Å². The molecule has 0 amide bonds. The van der Waals surface area contributed by atoms with Crippen LogP contribution in [0.25, 0.3) is 0 Å². The maximum Gasteiger partial charge on any atom is 0.0784 e. The van der Waals surface area contributed by atoms with E-state index in [0.29, 0.717) is 0 Å². The lowest BCUT2D eigenvalue weighted by Crippen LogP contribution is -3.00. The van der Waals surface area contributed by atoms with Crippen molar-refractivity contribution in [3.63, 3.8) is 0 Å². The van der Waals surface area contributed by atoms with Gasteiger partial charge in [0.1, 0.15) is 0 Å². The summed E-state index contributed by atoms with van der Waals surface area (Å²) in [4.78, 5) is 0. The molecule has 0 aromatic heterocycles. The van der Waals surface area contributed by atoms with Gasteiger partial charge in [0.15, 0.2) is 0 Å². The SMILES string of the molecule is CCCCCCCCCCCCCCCC[N+](C)(CCCCCCCCCCCCCCCC)CCCCCC[N+](C)(CCCCCCCCCCCCCCCC)CCCCCCCCCCCCCCCC.[Br-].[Br-]. The van der Waals surface area contributed by atoms with E-state index in [-0.39, 0.29) is 34.0 Å². The van der Waals surface area contributed by atoms with E-state index < -0.39 is 0 Å². The fourth-order valence-electron chi connectivity index (χ4n) is 12.8. The molecule has 462 valence electrons. The third-order valence-corrected chi connectivity index (χ3v) is 18.4. The number of nitrogens with zero attached hydrogens (tertiary/aromatic N) is 2. The number of unbranched alkanes of at least 4 members (excludes halogenated alkanes) is 55. The van der Waals surface area contributed by atoms with Crippen LogP contribution in [-0.4, -0.2) is 62.3 Å². The van der Waals surface area contributed by atoms with Crippen LogP contribution in [0.15, 0.2) is 0 Å². The molecular formula is C72H150Br2N2. The van der Waals surface area contributed by atoms with Crippen LogP contribution in [-0.2, 0) is 0 Å². The molecule has 0 radical (unpaired) electrons. The van der Waals surface area contributed by atoms with Crippen LogP contribution >= 0.6 is 0 Å². The molecule has 0 atom stereocenters. The lowest BCUT2D eigenvalue weighted by atomic mass is 10.0. The predicted molar refractivity (Wildman–Crippen MR) is 341 cm³/mol. The van der Waals surface area contributed by atoms with Crippen molar-refractivity contribution in [3.05, 3.63) is 0 Å². The zero-order chi connectivity index (χ0) is 53.7. The zero-order valence-electron chi connectivity index (χ0n) is 54.3. The van der Waals surface area contributed by atoms with Crippen LogP contribution in [0.4, 0.5) is 0 Å². The fraction of sp³-hybridized carbons (Fsp3) is 1.00. The maximum atomic E-state index is 2.67. The molecule has 4 heteroatoms. The largest absolute Gasteiger partial charge is 1.00 e. The standard InChI is InChI=1S/C72H150N2.2BrH/c1-7-11-15-19-23-27-31-35-39-43-47-51-55-61-67-73(5,68-62-56-52-48-44-40-36-32-28-24-20-16-12-8-2)71-65-59-60-66-72-74(6,69-63-57-53-49-45-41-37-33-29-25-21-17-13-9-3)70-64-58-54-50-46-42-38-34-30-26-22-18-14-10-4;;/h7-72H2,1-6H3;2*1H/q+2;;/p-2. The number of halogens is 2. The molecule has 0 N–H and O–H groups in total. The van der Waals surface area contributed by atoms with Crippen molar-refractivity contribution in [3.8, 4) is 0 Å². The third-order valence-electron chi connectivity index (χ3n) is 18.4. The first-order chi connectivity index (χ1) is 36.4. The van der Waals surface area contributed by atoms with Crippen LogP contribution in [0.1, 0.15) is 413 Å². The van der Waals surface area contributed by atoms with E-state index in [1.54, 1.807) is 0 Å². The Morgan fingerprint density at radius 1 is 0.132 bits per heavy atom. The van der Waals surface area contributed by atoms with E-state index in [0.717, 1.165) is 0 Å². The van der Waals surface area contributed by atoms with E-state index in [1.165, 1.54) is 433 Å². The van der Waals surface area contributed by atoms with Gasteiger partial charge in [0.25, 0.3) is 0 Å². The molecule has 0 fully saturated rings. The summed E-state index contributed by atoms with van der Waals surface area (Å²) in [7, 11) is 5.34. The number of quaternary nitrogens is 2. The minimum Gasteiger partial charge on any atom is -1.00 e. The van der Waals surface area contributed by atoms with Gasteiger partial charge in [0, 0.05) is 0 Å². The molecule has 76 heavy (non-hydrogen) atoms. The topological polar surface area (TPSA) is 0 Å². The van der Waals surface area contributed by atoms with Crippen molar-refractivity contribution in [2.45, 2.75) is 413 Å². The minimum absolute atomic E-state index is 0. The number of hydrogen-bond donors (Lipinski definition) is 0. The second-order valence-electron chi connectivity index (χ2n) is 26.4. The molecule has 0 saturated heterocycles. The van der Waals surface area contributed by atoms with Crippen molar-refractivity contribution in [1.29, 1.82) is 0 Å². The third kappa shape index (κ3) is 64.1. The summed E-state index contributed by atoms with van der Waals surface area (Å²) in [6, 6.07) is 0. The highest BCUT2D eigenvalue weighted by Crippen LogP contribution is 2.21. The van der Waals surface area contributed by atoms with Gasteiger partial charge in [0.05, 0.1) is 53.4 Å². The number of hydrogen-bond acceptors (Lipinski definition) is 0. The molecule has 0 bridgehead atoms. The van der Waals surface area contributed by atoms with Gasteiger partial charge in [-0.1, -0.05) is 336 Å². The summed E-state index contributed by atoms with van der Waals surface area (Å²) < 4.78 is 2.73. The first-order valence-electron chi connectivity index (χ1n) is 36.1. The Balaban J connectivity index is -0.0000266. The molecule has 0 saturated carbocycles. The zero-order valence-corrected chi connectivity index (χ0v) is 57.5. The molecule has 0 aliphatic carbocycles. The highest BCUT2D eigenvalue weighted by Gasteiger charge is 2.22. The van der Waals surface area contributed by atoms with Gasteiger partial charge in [-0.25, -0.2) is 0 Å². The highest BCUT2D eigenvalue weighted by atomic mass is 79.9. The smallest absolute Gasteiger partial charge is 0.0784 e. The maximum absolute atomic E-state index is 2.67. The molecule has 2 nitrogen and oxygen atoms in total. The second kappa shape index (κ2) is 68.4. The Hall–Kier alpha value is 0.880. The van der Waals surface area contributed by atoms with E-state index >= 15 is 0 Å². The predicted octanol–water partition coefficient (Wildman–Crippen LogP) is 19.4. The molecule has 0 spiro atoms. The monoisotopic (exact) mass is 1200 g/mol. The quantitative estimate of drug-likeness (QED) is 0.0421. The summed E-state index contributed by atoms with van der Waals surface area (Å²) >= 11 is 0. The average molecular weight is 1200 g/mol. The molecule has 0 heterocycles. The van der Waals surface area contributed by atoms with Crippen LogP contribution in [0.2, 0.25) is 0 Å². The van der Waals surface area contributed by atoms with Crippen LogP contribution in [0, 0.1) is 0 Å². The minimum atomic E-state index is 0. The summed E-state index contributed by atoms with van der Waals surface area (Å²) in [6.07, 6.45) is 88.0. The lowest BCUT2D eigenvalue weighted by molar-refractivity contribution is -0.911. The summed E-state index contributed by atoms with van der Waals surface area (Å²) in [6.45, 7) is 17.9. The van der Waals surface area contributed by atoms with E-state index in [4.69, 9.17) is 0 Å². The summed E-state index contributed by atoms with van der Waals surface area (Å²) in [5.74, 6) is 0. The van der Waals surface area contributed by atoms with Crippen molar-refractivity contribution in [2.24, 2.45) is 0 Å². The van der Waals surface area contributed by atoms with Gasteiger partial charge in [-0.2, -0.15) is 0 Å². The van der Waals surface area contributed by atoms with Gasteiger partial charge in [-0.05, 0) is 77.0 Å². The van der Waals surface area contributed by atoms with E-state index in [9.17, 15) is 0 Å². The fourth-order valence-corrected chi connectivity index (χ4v) is 12.8. The Morgan fingerprint density at radius 3 is 0.303 bits per heavy atom. The Kier molecular flexibility index (Phi) is 73.0. The molecule has 0 aliphatic heterocycles.